The standard InChI is InChI=1S/C11H24Ge/c1-5-6-7-8-9-10-11-12(2,3)4/h9-10H,5-8,11H2,1-4H3/b10-9+. The Kier molecular flexibility index (Phi) is 6.92. The van der Waals surface area contributed by atoms with Crippen molar-refractivity contribution in [3.63, 3.8) is 0 Å². The van der Waals surface area contributed by atoms with Crippen LogP contribution in [0.2, 0.25) is 22.5 Å². The molecule has 0 aromatic carbocycles. The molecule has 1 heteroatoms. The molecular formula is C11H24Ge. The van der Waals surface area contributed by atoms with Crippen molar-refractivity contribution >= 4 is 13.3 Å². The third kappa shape index (κ3) is 10.3. The Bertz CT molecular complexity index is 119. The van der Waals surface area contributed by atoms with E-state index in [1.165, 1.54) is 30.9 Å². The predicted molar refractivity (Wildman–Crippen MR) is 61.4 cm³/mol. The molecule has 0 atom stereocenters. The molecule has 0 amide bonds. The third-order valence-electron chi connectivity index (χ3n) is 1.87. The summed E-state index contributed by atoms with van der Waals surface area (Å²) in [4.78, 5) is 0. The number of hydrogen-bond acceptors (Lipinski definition) is 0. The van der Waals surface area contributed by atoms with E-state index in [0.29, 0.717) is 0 Å². The van der Waals surface area contributed by atoms with Crippen molar-refractivity contribution in [1.82, 2.24) is 0 Å². The van der Waals surface area contributed by atoms with E-state index < -0.39 is 13.3 Å². The fourth-order valence-corrected chi connectivity index (χ4v) is 2.90. The first kappa shape index (κ1) is 12.3. The second-order valence-electron chi connectivity index (χ2n) is 4.73. The summed E-state index contributed by atoms with van der Waals surface area (Å²) >= 11 is -1.26. The van der Waals surface area contributed by atoms with Crippen LogP contribution in [0.15, 0.2) is 12.2 Å². The van der Waals surface area contributed by atoms with Crippen molar-refractivity contribution in [2.24, 2.45) is 0 Å². The minimum absolute atomic E-state index is 1.26. The zero-order valence-corrected chi connectivity index (χ0v) is 11.3. The molecule has 0 radical (unpaired) electrons. The molecule has 0 saturated carbocycles. The summed E-state index contributed by atoms with van der Waals surface area (Å²) in [6.45, 7) is 2.26. The summed E-state index contributed by atoms with van der Waals surface area (Å²) in [5.41, 5.74) is 0. The van der Waals surface area contributed by atoms with Gasteiger partial charge in [-0.2, -0.15) is 0 Å². The molecule has 0 unspecified atom stereocenters. The first-order chi connectivity index (χ1) is 5.56. The Morgan fingerprint density at radius 2 is 1.67 bits per heavy atom. The van der Waals surface area contributed by atoms with Crippen LogP contribution in [-0.4, -0.2) is 13.3 Å². The summed E-state index contributed by atoms with van der Waals surface area (Å²) in [7, 11) is 0. The quantitative estimate of drug-likeness (QED) is 0.358. The van der Waals surface area contributed by atoms with Gasteiger partial charge in [-0.25, -0.2) is 0 Å². The number of allylic oxidation sites excluding steroid dienone is 2. The van der Waals surface area contributed by atoms with Crippen molar-refractivity contribution in [3.8, 4) is 0 Å². The second-order valence-corrected chi connectivity index (χ2v) is 16.3. The molecule has 0 bridgehead atoms. The van der Waals surface area contributed by atoms with Gasteiger partial charge in [0.05, 0.1) is 0 Å². The van der Waals surface area contributed by atoms with E-state index in [1.807, 2.05) is 0 Å². The maximum absolute atomic E-state index is 2.47. The van der Waals surface area contributed by atoms with E-state index in [1.54, 1.807) is 0 Å². The van der Waals surface area contributed by atoms with Crippen molar-refractivity contribution in [2.75, 3.05) is 0 Å². The molecule has 0 rings (SSSR count). The van der Waals surface area contributed by atoms with E-state index in [4.69, 9.17) is 0 Å². The molecule has 0 saturated heterocycles. The molecule has 0 aromatic rings. The van der Waals surface area contributed by atoms with Crippen LogP contribution < -0.4 is 0 Å². The summed E-state index contributed by atoms with van der Waals surface area (Å²) in [6, 6.07) is 0. The monoisotopic (exact) mass is 230 g/mol. The molecule has 72 valence electrons. The summed E-state index contributed by atoms with van der Waals surface area (Å²) in [5, 5.41) is 1.39. The van der Waals surface area contributed by atoms with E-state index in [-0.39, 0.29) is 0 Å². The summed E-state index contributed by atoms with van der Waals surface area (Å²) in [6.07, 6.45) is 10.2. The summed E-state index contributed by atoms with van der Waals surface area (Å²) < 4.78 is 0. The van der Waals surface area contributed by atoms with Crippen molar-refractivity contribution in [3.05, 3.63) is 12.2 Å². The Balaban J connectivity index is 3.26. The Hall–Kier alpha value is 0.283. The van der Waals surface area contributed by atoms with Gasteiger partial charge in [0.2, 0.25) is 0 Å². The van der Waals surface area contributed by atoms with Gasteiger partial charge < -0.3 is 0 Å². The fraction of sp³-hybridized carbons (Fsp3) is 0.818. The maximum atomic E-state index is 2.47. The molecule has 0 fully saturated rings. The van der Waals surface area contributed by atoms with Crippen LogP contribution in [0, 0.1) is 0 Å². The molecule has 0 aliphatic heterocycles. The van der Waals surface area contributed by atoms with Gasteiger partial charge in [0, 0.05) is 0 Å². The van der Waals surface area contributed by atoms with Gasteiger partial charge in [-0.1, -0.05) is 0 Å². The van der Waals surface area contributed by atoms with Gasteiger partial charge in [-0.15, -0.1) is 0 Å². The Morgan fingerprint density at radius 1 is 1.00 bits per heavy atom. The zero-order valence-electron chi connectivity index (χ0n) is 9.19. The Morgan fingerprint density at radius 3 is 2.17 bits per heavy atom. The fourth-order valence-electron chi connectivity index (χ4n) is 1.07. The van der Waals surface area contributed by atoms with Gasteiger partial charge in [-0.3, -0.25) is 0 Å². The van der Waals surface area contributed by atoms with E-state index >= 15 is 0 Å². The molecule has 0 aliphatic carbocycles. The molecular weight excluding hydrogens is 205 g/mol. The molecule has 0 heterocycles. The minimum atomic E-state index is -1.26. The Labute approximate surface area is 80.8 Å². The van der Waals surface area contributed by atoms with Gasteiger partial charge in [0.1, 0.15) is 0 Å². The van der Waals surface area contributed by atoms with Crippen LogP contribution in [0.5, 0.6) is 0 Å². The normalized spacial score (nSPS) is 12.7. The van der Waals surface area contributed by atoms with Gasteiger partial charge >= 0.3 is 80.5 Å². The van der Waals surface area contributed by atoms with Crippen LogP contribution in [0.1, 0.15) is 32.6 Å². The van der Waals surface area contributed by atoms with Crippen LogP contribution in [-0.2, 0) is 0 Å². The molecule has 0 aromatic heterocycles. The third-order valence-corrected chi connectivity index (χ3v) is 4.94. The predicted octanol–water partition coefficient (Wildman–Crippen LogP) is 4.46. The van der Waals surface area contributed by atoms with Crippen LogP contribution in [0.25, 0.3) is 0 Å². The topological polar surface area (TPSA) is 0 Å². The van der Waals surface area contributed by atoms with Gasteiger partial charge in [-0.05, 0) is 0 Å². The van der Waals surface area contributed by atoms with Gasteiger partial charge in [0.15, 0.2) is 0 Å². The molecule has 0 spiro atoms. The number of hydrogen-bond donors (Lipinski definition) is 0. The van der Waals surface area contributed by atoms with Crippen LogP contribution >= 0.6 is 0 Å². The average Bonchev–Trinajstić information content (AvgIpc) is 1.94. The average molecular weight is 229 g/mol. The number of rotatable bonds is 6. The molecule has 0 N–H and O–H groups in total. The van der Waals surface area contributed by atoms with Gasteiger partial charge in [0.25, 0.3) is 0 Å². The molecule has 0 aliphatic rings. The zero-order chi connectivity index (χ0) is 9.45. The van der Waals surface area contributed by atoms with Crippen molar-refractivity contribution < 1.29 is 0 Å². The van der Waals surface area contributed by atoms with Crippen molar-refractivity contribution in [2.45, 2.75) is 55.1 Å². The first-order valence-corrected chi connectivity index (χ1v) is 13.0. The van der Waals surface area contributed by atoms with E-state index in [0.717, 1.165) is 0 Å². The molecule has 12 heavy (non-hydrogen) atoms. The van der Waals surface area contributed by atoms with Crippen LogP contribution in [0.3, 0.4) is 0 Å². The number of unbranched alkanes of at least 4 members (excludes halogenated alkanes) is 3. The first-order valence-electron chi connectivity index (χ1n) is 5.21. The SMILES string of the molecule is CCCCC/C=C/[CH2][Ge]([CH3])([CH3])[CH3]. The second kappa shape index (κ2) is 6.76. The van der Waals surface area contributed by atoms with Crippen LogP contribution in [0.4, 0.5) is 0 Å². The van der Waals surface area contributed by atoms with E-state index in [2.05, 4.69) is 36.3 Å². The molecule has 0 nitrogen and oxygen atoms in total. The van der Waals surface area contributed by atoms with Crippen molar-refractivity contribution in [1.29, 1.82) is 0 Å². The van der Waals surface area contributed by atoms with E-state index in [9.17, 15) is 0 Å². The summed E-state index contributed by atoms with van der Waals surface area (Å²) in [5.74, 6) is 7.41.